The minimum atomic E-state index is -0.319. The number of hydrogen-bond acceptors (Lipinski definition) is 6. The third kappa shape index (κ3) is 3.60. The van der Waals surface area contributed by atoms with Crippen LogP contribution in [0, 0.1) is 6.92 Å². The molecule has 3 heterocycles. The summed E-state index contributed by atoms with van der Waals surface area (Å²) in [6.07, 6.45) is 1.43. The molecular formula is C18H13ClFN5OS2. The molecule has 0 saturated carbocycles. The topological polar surface area (TPSA) is 72.7 Å². The van der Waals surface area contributed by atoms with Crippen LogP contribution in [0.5, 0.6) is 0 Å². The molecule has 0 aliphatic carbocycles. The first-order chi connectivity index (χ1) is 13.6. The fourth-order valence-electron chi connectivity index (χ4n) is 2.79. The number of fused-ring (bicyclic) bond motifs is 1. The maximum absolute atomic E-state index is 13.5. The Bertz CT molecular complexity index is 1180. The van der Waals surface area contributed by atoms with Crippen LogP contribution in [0.3, 0.4) is 0 Å². The van der Waals surface area contributed by atoms with Gasteiger partial charge in [-0.25, -0.2) is 13.9 Å². The number of thiazole rings is 1. The number of hydrogen-bond donors (Lipinski definition) is 1. The summed E-state index contributed by atoms with van der Waals surface area (Å²) in [4.78, 5) is 24.7. The number of alkyl halides is 1. The van der Waals surface area contributed by atoms with Gasteiger partial charge < -0.3 is 5.32 Å². The number of rotatable bonds is 5. The second kappa shape index (κ2) is 7.86. The van der Waals surface area contributed by atoms with Crippen molar-refractivity contribution in [2.75, 3.05) is 11.2 Å². The fourth-order valence-corrected chi connectivity index (χ4v) is 4.12. The third-order valence-electron chi connectivity index (χ3n) is 3.97. The second-order valence-electron chi connectivity index (χ2n) is 5.88. The molecule has 28 heavy (non-hydrogen) atoms. The highest BCUT2D eigenvalue weighted by atomic mass is 35.5. The van der Waals surface area contributed by atoms with Gasteiger partial charge in [-0.05, 0) is 31.2 Å². The van der Waals surface area contributed by atoms with Crippen molar-refractivity contribution >= 4 is 56.5 Å². The van der Waals surface area contributed by atoms with Crippen LogP contribution in [0.1, 0.15) is 5.69 Å². The number of benzene rings is 1. The van der Waals surface area contributed by atoms with E-state index in [0.717, 1.165) is 21.5 Å². The number of nitrogens with one attached hydrogen (secondary N) is 1. The molecular weight excluding hydrogens is 421 g/mol. The van der Waals surface area contributed by atoms with Crippen molar-refractivity contribution in [3.63, 3.8) is 0 Å². The smallest absolute Gasteiger partial charge is 0.241 e. The van der Waals surface area contributed by atoms with Crippen LogP contribution in [0.4, 0.5) is 9.02 Å². The molecule has 4 aromatic rings. The number of nitrogens with zero attached hydrogens (tertiary/aromatic N) is 4. The normalized spacial score (nSPS) is 11.1. The first-order valence-corrected chi connectivity index (χ1v) is 10.2. The molecule has 0 radical (unpaired) electrons. The minimum Gasteiger partial charge on any atom is -0.301 e. The highest BCUT2D eigenvalue weighted by Gasteiger charge is 2.18. The molecule has 0 saturated heterocycles. The van der Waals surface area contributed by atoms with Crippen molar-refractivity contribution in [1.82, 2.24) is 18.9 Å². The van der Waals surface area contributed by atoms with E-state index in [2.05, 4.69) is 20.3 Å². The van der Waals surface area contributed by atoms with Crippen LogP contribution in [-0.4, -0.2) is 30.7 Å². The van der Waals surface area contributed by atoms with Gasteiger partial charge in [0.2, 0.25) is 5.91 Å². The number of halogens is 2. The van der Waals surface area contributed by atoms with Crippen molar-refractivity contribution in [3.8, 4) is 22.6 Å². The summed E-state index contributed by atoms with van der Waals surface area (Å²) >= 11 is 6.92. The fraction of sp³-hybridized carbons (Fsp3) is 0.111. The highest BCUT2D eigenvalue weighted by molar-refractivity contribution is 7.92. The van der Waals surface area contributed by atoms with E-state index in [1.165, 1.54) is 21.6 Å². The van der Waals surface area contributed by atoms with Gasteiger partial charge in [0, 0.05) is 11.3 Å². The molecule has 0 atom stereocenters. The summed E-state index contributed by atoms with van der Waals surface area (Å²) in [5, 5.41) is 3.11. The van der Waals surface area contributed by atoms with Gasteiger partial charge in [-0.2, -0.15) is 0 Å². The first-order valence-electron chi connectivity index (χ1n) is 8.16. The number of anilines is 1. The molecule has 0 spiro atoms. The van der Waals surface area contributed by atoms with Crippen molar-refractivity contribution in [2.45, 2.75) is 6.92 Å². The van der Waals surface area contributed by atoms with E-state index < -0.39 is 0 Å². The average molecular weight is 434 g/mol. The summed E-state index contributed by atoms with van der Waals surface area (Å²) in [5.74, 6) is -0.457. The molecule has 0 aliphatic heterocycles. The first kappa shape index (κ1) is 18.9. The van der Waals surface area contributed by atoms with Gasteiger partial charge in [0.25, 0.3) is 0 Å². The van der Waals surface area contributed by atoms with Gasteiger partial charge in [0.15, 0.2) is 17.5 Å². The molecule has 4 rings (SSSR count). The summed E-state index contributed by atoms with van der Waals surface area (Å²) in [5.41, 5.74) is 4.21. The monoisotopic (exact) mass is 433 g/mol. The molecule has 10 heteroatoms. The quantitative estimate of drug-likeness (QED) is 0.444. The molecule has 1 amide bonds. The molecule has 6 nitrogen and oxygen atoms in total. The van der Waals surface area contributed by atoms with Crippen LogP contribution in [-0.2, 0) is 4.79 Å². The lowest BCUT2D eigenvalue weighted by Crippen LogP contribution is -2.11. The van der Waals surface area contributed by atoms with Crippen molar-refractivity contribution in [2.24, 2.45) is 0 Å². The molecule has 1 aromatic carbocycles. The van der Waals surface area contributed by atoms with E-state index in [0.29, 0.717) is 22.2 Å². The van der Waals surface area contributed by atoms with Gasteiger partial charge in [0.1, 0.15) is 17.9 Å². The van der Waals surface area contributed by atoms with Crippen molar-refractivity contribution in [3.05, 3.63) is 48.4 Å². The number of aromatic nitrogens is 4. The summed E-state index contributed by atoms with van der Waals surface area (Å²) in [6, 6.07) is 11.2. The Morgan fingerprint density at radius 3 is 2.93 bits per heavy atom. The number of aryl methyl sites for hydroxylation is 1. The number of carbonyl (C=O) groups is 1. The van der Waals surface area contributed by atoms with E-state index in [9.17, 15) is 8.68 Å². The van der Waals surface area contributed by atoms with E-state index in [-0.39, 0.29) is 24.1 Å². The summed E-state index contributed by atoms with van der Waals surface area (Å²) in [6.45, 7) is 1.89. The van der Waals surface area contributed by atoms with Crippen molar-refractivity contribution < 1.29 is 8.68 Å². The lowest BCUT2D eigenvalue weighted by Gasteiger charge is -2.07. The Hall–Kier alpha value is -2.49. The Kier molecular flexibility index (Phi) is 5.29. The molecule has 0 bridgehead atoms. The predicted molar refractivity (Wildman–Crippen MR) is 112 cm³/mol. The van der Waals surface area contributed by atoms with Gasteiger partial charge in [-0.3, -0.25) is 9.78 Å². The highest BCUT2D eigenvalue weighted by Crippen LogP contribution is 2.36. The van der Waals surface area contributed by atoms with Crippen LogP contribution < -0.4 is 5.32 Å². The van der Waals surface area contributed by atoms with Crippen LogP contribution in [0.2, 0.25) is 0 Å². The standard InChI is InChI=1S/C18H13ClFN5OS2/c1-10-3-2-4-13(22-10)16-17(25(28-20)9-21-16)11-5-6-12-14(7-11)27-18(23-12)24-15(26)8-19/h2-7,9H,8H2,1H3,(H,23,24,26). The van der Waals surface area contributed by atoms with Crippen LogP contribution in [0.25, 0.3) is 32.9 Å². The Labute approximate surface area is 173 Å². The number of imidazole rings is 1. The number of carbonyl (C=O) groups excluding carboxylic acids is 1. The lowest BCUT2D eigenvalue weighted by atomic mass is 10.1. The zero-order chi connectivity index (χ0) is 19.7. The van der Waals surface area contributed by atoms with Crippen molar-refractivity contribution in [1.29, 1.82) is 0 Å². The van der Waals surface area contributed by atoms with E-state index in [1.807, 2.05) is 43.3 Å². The SMILES string of the molecule is Cc1cccc(-c2ncn(SF)c2-c2ccc3nc(NC(=O)CCl)sc3c2)n1. The Morgan fingerprint density at radius 2 is 2.18 bits per heavy atom. The maximum atomic E-state index is 13.5. The summed E-state index contributed by atoms with van der Waals surface area (Å²) in [7, 11) is 0. The molecule has 0 aliphatic rings. The van der Waals surface area contributed by atoms with Crippen LogP contribution >= 0.6 is 35.3 Å². The van der Waals surface area contributed by atoms with Gasteiger partial charge >= 0.3 is 0 Å². The van der Waals surface area contributed by atoms with Gasteiger partial charge in [-0.15, -0.1) is 15.5 Å². The molecule has 142 valence electrons. The van der Waals surface area contributed by atoms with Gasteiger partial charge in [-0.1, -0.05) is 23.5 Å². The van der Waals surface area contributed by atoms with E-state index in [1.54, 1.807) is 0 Å². The summed E-state index contributed by atoms with van der Waals surface area (Å²) < 4.78 is 15.7. The molecule has 0 unspecified atom stereocenters. The van der Waals surface area contributed by atoms with E-state index >= 15 is 0 Å². The number of amides is 1. The maximum Gasteiger partial charge on any atom is 0.241 e. The van der Waals surface area contributed by atoms with Crippen LogP contribution in [0.15, 0.2) is 42.7 Å². The minimum absolute atomic E-state index is 0.0745. The second-order valence-corrected chi connectivity index (χ2v) is 7.71. The van der Waals surface area contributed by atoms with E-state index in [4.69, 9.17) is 11.6 Å². The molecule has 1 N–H and O–H groups in total. The Balaban J connectivity index is 1.81. The molecule has 3 aromatic heterocycles. The molecule has 0 fully saturated rings. The predicted octanol–water partition coefficient (Wildman–Crippen LogP) is 5.09. The lowest BCUT2D eigenvalue weighted by molar-refractivity contribution is -0.113. The Morgan fingerprint density at radius 1 is 1.32 bits per heavy atom. The zero-order valence-electron chi connectivity index (χ0n) is 14.5. The third-order valence-corrected chi connectivity index (χ3v) is 5.57. The van der Waals surface area contributed by atoms with Gasteiger partial charge in [0.05, 0.1) is 21.6 Å². The largest absolute Gasteiger partial charge is 0.301 e. The number of pyridine rings is 1. The zero-order valence-corrected chi connectivity index (χ0v) is 16.9. The average Bonchev–Trinajstić information content (AvgIpc) is 3.30.